The van der Waals surface area contributed by atoms with Crippen molar-refractivity contribution in [2.24, 2.45) is 0 Å². The van der Waals surface area contributed by atoms with Gasteiger partial charge in [0.1, 0.15) is 0 Å². The number of nitrogens with zero attached hydrogens (tertiary/aromatic N) is 1. The molecule has 0 spiro atoms. The Morgan fingerprint density at radius 2 is 2.06 bits per heavy atom. The summed E-state index contributed by atoms with van der Waals surface area (Å²) in [5, 5.41) is 3.87. The lowest BCUT2D eigenvalue weighted by atomic mass is 9.90. The number of hydrogen-bond acceptors (Lipinski definition) is 2. The van der Waals surface area contributed by atoms with Crippen LogP contribution in [0.1, 0.15) is 55.8 Å². The van der Waals surface area contributed by atoms with Gasteiger partial charge in [-0.25, -0.2) is 0 Å². The van der Waals surface area contributed by atoms with Crippen LogP contribution in [0.3, 0.4) is 0 Å². The van der Waals surface area contributed by atoms with E-state index in [0.29, 0.717) is 6.04 Å². The molecule has 0 bridgehead atoms. The van der Waals surface area contributed by atoms with E-state index >= 15 is 0 Å². The smallest absolute Gasteiger partial charge is 0.0436 e. The van der Waals surface area contributed by atoms with Gasteiger partial charge in [-0.1, -0.05) is 25.8 Å². The van der Waals surface area contributed by atoms with Crippen LogP contribution in [0.15, 0.2) is 12.3 Å². The van der Waals surface area contributed by atoms with E-state index in [9.17, 15) is 0 Å². The lowest BCUT2D eigenvalue weighted by Gasteiger charge is -2.28. The number of rotatable bonds is 3. The minimum atomic E-state index is 0.689. The highest BCUT2D eigenvalue weighted by Crippen LogP contribution is 2.24. The fourth-order valence-corrected chi connectivity index (χ4v) is 3.43. The van der Waals surface area contributed by atoms with Crippen molar-refractivity contribution >= 4 is 0 Å². The molecule has 0 radical (unpaired) electrons. The third kappa shape index (κ3) is 2.59. The van der Waals surface area contributed by atoms with E-state index in [1.54, 1.807) is 0 Å². The molecule has 2 nitrogen and oxygen atoms in total. The first-order chi connectivity index (χ1) is 8.85. The van der Waals surface area contributed by atoms with E-state index in [0.717, 1.165) is 18.9 Å². The zero-order valence-corrected chi connectivity index (χ0v) is 11.4. The number of nitrogens with one attached hydrogen (secondary N) is 1. The highest BCUT2D eigenvalue weighted by atomic mass is 15.0. The van der Waals surface area contributed by atoms with Crippen molar-refractivity contribution in [3.8, 4) is 0 Å². The zero-order valence-electron chi connectivity index (χ0n) is 11.4. The quantitative estimate of drug-likeness (QED) is 0.884. The van der Waals surface area contributed by atoms with Gasteiger partial charge in [0.05, 0.1) is 0 Å². The topological polar surface area (TPSA) is 24.9 Å². The van der Waals surface area contributed by atoms with Gasteiger partial charge in [-0.15, -0.1) is 0 Å². The summed E-state index contributed by atoms with van der Waals surface area (Å²) >= 11 is 0. The summed E-state index contributed by atoms with van der Waals surface area (Å²) < 4.78 is 0. The standard InChI is InChI=1S/C16H24N2/c1-2-12-9-13-10-15(7-8-16(13)17-11-12)18-14-5-3-4-6-14/h9,11,14-15,18H,2-8,10H2,1H3. The number of aryl methyl sites for hydroxylation is 2. The zero-order chi connectivity index (χ0) is 12.4. The molecule has 2 aliphatic rings. The van der Waals surface area contributed by atoms with E-state index < -0.39 is 0 Å². The van der Waals surface area contributed by atoms with Gasteiger partial charge in [0.25, 0.3) is 0 Å². The van der Waals surface area contributed by atoms with Crippen molar-refractivity contribution in [3.05, 3.63) is 29.1 Å². The third-order valence-corrected chi connectivity index (χ3v) is 4.55. The maximum atomic E-state index is 4.63. The van der Waals surface area contributed by atoms with Gasteiger partial charge in [0.15, 0.2) is 0 Å². The first-order valence-corrected chi connectivity index (χ1v) is 7.58. The Hall–Kier alpha value is -0.890. The molecule has 2 aliphatic carbocycles. The first-order valence-electron chi connectivity index (χ1n) is 7.58. The van der Waals surface area contributed by atoms with Crippen LogP contribution in [-0.2, 0) is 19.3 Å². The number of fused-ring (bicyclic) bond motifs is 1. The highest BCUT2D eigenvalue weighted by molar-refractivity contribution is 5.28. The Labute approximate surface area is 110 Å². The summed E-state index contributed by atoms with van der Waals surface area (Å²) in [7, 11) is 0. The Morgan fingerprint density at radius 3 is 2.83 bits per heavy atom. The molecule has 1 N–H and O–H groups in total. The maximum Gasteiger partial charge on any atom is 0.0436 e. The molecule has 1 unspecified atom stereocenters. The van der Waals surface area contributed by atoms with E-state index in [1.807, 2.05) is 0 Å². The van der Waals surface area contributed by atoms with E-state index in [4.69, 9.17) is 0 Å². The largest absolute Gasteiger partial charge is 0.311 e. The van der Waals surface area contributed by atoms with Crippen molar-refractivity contribution in [2.45, 2.75) is 70.4 Å². The second-order valence-corrected chi connectivity index (χ2v) is 5.89. The Morgan fingerprint density at radius 1 is 1.22 bits per heavy atom. The molecular formula is C16H24N2. The molecule has 1 heterocycles. The molecule has 0 amide bonds. The average molecular weight is 244 g/mol. The molecule has 0 aliphatic heterocycles. The molecule has 2 heteroatoms. The van der Waals surface area contributed by atoms with Gasteiger partial charge in [-0.3, -0.25) is 4.98 Å². The summed E-state index contributed by atoms with van der Waals surface area (Å²) in [5.41, 5.74) is 4.23. The molecule has 1 aromatic heterocycles. The van der Waals surface area contributed by atoms with E-state index in [2.05, 4.69) is 29.5 Å². The van der Waals surface area contributed by atoms with Crippen LogP contribution in [0.5, 0.6) is 0 Å². The van der Waals surface area contributed by atoms with Gasteiger partial charge in [0, 0.05) is 24.0 Å². The molecule has 0 aromatic carbocycles. The summed E-state index contributed by atoms with van der Waals surface area (Å²) in [6.07, 6.45) is 12.4. The fraction of sp³-hybridized carbons (Fsp3) is 0.688. The normalized spacial score (nSPS) is 24.2. The summed E-state index contributed by atoms with van der Waals surface area (Å²) in [4.78, 5) is 4.63. The third-order valence-electron chi connectivity index (χ3n) is 4.55. The van der Waals surface area contributed by atoms with Crippen LogP contribution in [0.4, 0.5) is 0 Å². The number of hydrogen-bond donors (Lipinski definition) is 1. The molecular weight excluding hydrogens is 220 g/mol. The lowest BCUT2D eigenvalue weighted by Crippen LogP contribution is -2.40. The van der Waals surface area contributed by atoms with Gasteiger partial charge in [-0.2, -0.15) is 0 Å². The average Bonchev–Trinajstić information content (AvgIpc) is 2.90. The molecule has 1 atom stereocenters. The molecule has 98 valence electrons. The molecule has 1 fully saturated rings. The Balaban J connectivity index is 1.67. The van der Waals surface area contributed by atoms with Crippen LogP contribution in [-0.4, -0.2) is 17.1 Å². The Bertz CT molecular complexity index is 408. The Kier molecular flexibility index (Phi) is 3.64. The molecule has 1 aromatic rings. The SMILES string of the molecule is CCc1cnc2c(c1)CC(NC1CCCC1)CC2. The molecule has 3 rings (SSSR count). The van der Waals surface area contributed by atoms with Crippen molar-refractivity contribution in [3.63, 3.8) is 0 Å². The fourth-order valence-electron chi connectivity index (χ4n) is 3.43. The molecule has 0 saturated heterocycles. The molecule has 1 saturated carbocycles. The first kappa shape index (κ1) is 12.2. The molecule has 18 heavy (non-hydrogen) atoms. The van der Waals surface area contributed by atoms with Crippen molar-refractivity contribution in [1.82, 2.24) is 10.3 Å². The van der Waals surface area contributed by atoms with Crippen LogP contribution >= 0.6 is 0 Å². The van der Waals surface area contributed by atoms with Gasteiger partial charge < -0.3 is 5.32 Å². The van der Waals surface area contributed by atoms with Crippen molar-refractivity contribution in [1.29, 1.82) is 0 Å². The van der Waals surface area contributed by atoms with Crippen molar-refractivity contribution in [2.75, 3.05) is 0 Å². The summed E-state index contributed by atoms with van der Waals surface area (Å²) in [5.74, 6) is 0. The van der Waals surface area contributed by atoms with E-state index in [1.165, 1.54) is 55.3 Å². The van der Waals surface area contributed by atoms with Gasteiger partial charge in [0.2, 0.25) is 0 Å². The predicted octanol–water partition coefficient (Wildman–Crippen LogP) is 3.03. The number of pyridine rings is 1. The van der Waals surface area contributed by atoms with Crippen LogP contribution in [0.25, 0.3) is 0 Å². The predicted molar refractivity (Wildman–Crippen MR) is 74.8 cm³/mol. The van der Waals surface area contributed by atoms with Gasteiger partial charge in [-0.05, 0) is 49.7 Å². The van der Waals surface area contributed by atoms with Gasteiger partial charge >= 0.3 is 0 Å². The lowest BCUT2D eigenvalue weighted by molar-refractivity contribution is 0.393. The minimum absolute atomic E-state index is 0.689. The van der Waals surface area contributed by atoms with Crippen LogP contribution in [0, 0.1) is 0 Å². The minimum Gasteiger partial charge on any atom is -0.311 e. The summed E-state index contributed by atoms with van der Waals surface area (Å²) in [6.45, 7) is 2.21. The monoisotopic (exact) mass is 244 g/mol. The second-order valence-electron chi connectivity index (χ2n) is 5.89. The highest BCUT2D eigenvalue weighted by Gasteiger charge is 2.23. The van der Waals surface area contributed by atoms with Crippen LogP contribution in [0.2, 0.25) is 0 Å². The summed E-state index contributed by atoms with van der Waals surface area (Å²) in [6, 6.07) is 3.86. The van der Waals surface area contributed by atoms with Crippen LogP contribution < -0.4 is 5.32 Å². The second kappa shape index (κ2) is 5.40. The van der Waals surface area contributed by atoms with E-state index in [-0.39, 0.29) is 0 Å². The number of aromatic nitrogens is 1. The van der Waals surface area contributed by atoms with Crippen molar-refractivity contribution < 1.29 is 0 Å². The maximum absolute atomic E-state index is 4.63.